The molecule has 0 radical (unpaired) electrons. The van der Waals surface area contributed by atoms with Gasteiger partial charge in [0.15, 0.2) is 0 Å². The minimum Gasteiger partial charge on any atom is -0.322 e. The molecule has 2 saturated carbocycles. The number of aromatic nitrogens is 2. The lowest BCUT2D eigenvalue weighted by atomic mass is 10.1. The number of nitrogens with one attached hydrogen (secondary N) is 2. The van der Waals surface area contributed by atoms with E-state index in [2.05, 4.69) is 26.7 Å². The van der Waals surface area contributed by atoms with Gasteiger partial charge in [0.05, 0.1) is 11.0 Å². The molecule has 1 amide bonds. The minimum absolute atomic E-state index is 0.0942. The van der Waals surface area contributed by atoms with E-state index in [1.54, 1.807) is 12.4 Å². The van der Waals surface area contributed by atoms with E-state index in [0.29, 0.717) is 17.5 Å². The molecule has 136 valence electrons. The van der Waals surface area contributed by atoms with Crippen LogP contribution < -0.4 is 10.6 Å². The van der Waals surface area contributed by atoms with E-state index in [1.807, 2.05) is 36.4 Å². The van der Waals surface area contributed by atoms with Crippen LogP contribution >= 0.6 is 0 Å². The number of benzene rings is 2. The van der Waals surface area contributed by atoms with Gasteiger partial charge in [0.1, 0.15) is 0 Å². The van der Waals surface area contributed by atoms with Gasteiger partial charge in [0.2, 0.25) is 0 Å². The molecule has 0 saturated heterocycles. The third-order valence-corrected chi connectivity index (χ3v) is 5.46. The predicted octanol–water partition coefficient (Wildman–Crippen LogP) is 3.74. The zero-order valence-corrected chi connectivity index (χ0v) is 15.1. The third-order valence-electron chi connectivity index (χ3n) is 5.46. The molecule has 3 aromatic rings. The standard InChI is InChI=1S/C22H22N4O/c27-22(26-17-6-7-19-21(11-17)24-9-8-23-19)16-3-1-2-15(10-16)18-12-20(18)25-13-14-4-5-14/h1-3,6-11,14,18,20,25H,4-5,12-13H2,(H,26,27)/t18-,20+/m0/s1. The molecule has 1 aromatic heterocycles. The molecule has 0 spiro atoms. The summed E-state index contributed by atoms with van der Waals surface area (Å²) < 4.78 is 0. The summed E-state index contributed by atoms with van der Waals surface area (Å²) in [5.41, 5.74) is 4.26. The van der Waals surface area contributed by atoms with Crippen molar-refractivity contribution in [1.82, 2.24) is 15.3 Å². The average molecular weight is 358 g/mol. The largest absolute Gasteiger partial charge is 0.322 e. The van der Waals surface area contributed by atoms with Crippen LogP contribution in [-0.2, 0) is 0 Å². The number of carbonyl (C=O) groups is 1. The Morgan fingerprint density at radius 3 is 2.74 bits per heavy atom. The van der Waals surface area contributed by atoms with Crippen LogP contribution in [0, 0.1) is 5.92 Å². The highest BCUT2D eigenvalue weighted by Crippen LogP contribution is 2.41. The van der Waals surface area contributed by atoms with E-state index in [1.165, 1.54) is 24.8 Å². The number of rotatable bonds is 6. The maximum Gasteiger partial charge on any atom is 0.255 e. The van der Waals surface area contributed by atoms with Crippen molar-refractivity contribution in [3.8, 4) is 0 Å². The number of hydrogen-bond acceptors (Lipinski definition) is 4. The number of carbonyl (C=O) groups excluding carboxylic acids is 1. The molecule has 5 rings (SSSR count). The van der Waals surface area contributed by atoms with Crippen LogP contribution in [0.4, 0.5) is 5.69 Å². The van der Waals surface area contributed by atoms with E-state index in [9.17, 15) is 4.79 Å². The Morgan fingerprint density at radius 2 is 1.89 bits per heavy atom. The summed E-state index contributed by atoms with van der Waals surface area (Å²) in [6.45, 7) is 1.15. The Bertz CT molecular complexity index is 998. The van der Waals surface area contributed by atoms with Crippen LogP contribution in [0.25, 0.3) is 11.0 Å². The summed E-state index contributed by atoms with van der Waals surface area (Å²) in [6.07, 6.45) is 7.24. The van der Waals surface area contributed by atoms with Crippen molar-refractivity contribution in [1.29, 1.82) is 0 Å². The zero-order valence-electron chi connectivity index (χ0n) is 15.1. The molecule has 27 heavy (non-hydrogen) atoms. The van der Waals surface area contributed by atoms with E-state index in [4.69, 9.17) is 0 Å². The summed E-state index contributed by atoms with van der Waals surface area (Å²) >= 11 is 0. The molecule has 0 unspecified atom stereocenters. The second-order valence-corrected chi connectivity index (χ2v) is 7.64. The highest BCUT2D eigenvalue weighted by molar-refractivity contribution is 6.05. The Morgan fingerprint density at radius 1 is 1.04 bits per heavy atom. The fourth-order valence-electron chi connectivity index (χ4n) is 3.58. The van der Waals surface area contributed by atoms with Gasteiger partial charge in [-0.15, -0.1) is 0 Å². The van der Waals surface area contributed by atoms with Crippen molar-refractivity contribution in [2.75, 3.05) is 11.9 Å². The Labute approximate surface area is 158 Å². The third kappa shape index (κ3) is 3.69. The molecule has 5 nitrogen and oxygen atoms in total. The number of amides is 1. The second kappa shape index (κ2) is 6.74. The van der Waals surface area contributed by atoms with Gasteiger partial charge in [0, 0.05) is 35.6 Å². The number of hydrogen-bond donors (Lipinski definition) is 2. The smallest absolute Gasteiger partial charge is 0.255 e. The van der Waals surface area contributed by atoms with Gasteiger partial charge in [-0.3, -0.25) is 14.8 Å². The Balaban J connectivity index is 1.27. The van der Waals surface area contributed by atoms with Crippen LogP contribution in [-0.4, -0.2) is 28.5 Å². The molecule has 0 bridgehead atoms. The lowest BCUT2D eigenvalue weighted by Crippen LogP contribution is -2.20. The fourth-order valence-corrected chi connectivity index (χ4v) is 3.58. The maximum absolute atomic E-state index is 12.7. The molecule has 1 heterocycles. The van der Waals surface area contributed by atoms with Crippen molar-refractivity contribution < 1.29 is 4.79 Å². The molecule has 2 N–H and O–H groups in total. The first kappa shape index (κ1) is 16.4. The van der Waals surface area contributed by atoms with Gasteiger partial charge >= 0.3 is 0 Å². The monoisotopic (exact) mass is 358 g/mol. The molecule has 2 aromatic carbocycles. The van der Waals surface area contributed by atoms with E-state index in [0.717, 1.165) is 29.2 Å². The van der Waals surface area contributed by atoms with Gasteiger partial charge in [-0.25, -0.2) is 0 Å². The summed E-state index contributed by atoms with van der Waals surface area (Å²) in [7, 11) is 0. The van der Waals surface area contributed by atoms with Crippen LogP contribution in [0.5, 0.6) is 0 Å². The van der Waals surface area contributed by atoms with E-state index < -0.39 is 0 Å². The van der Waals surface area contributed by atoms with Gasteiger partial charge in [-0.2, -0.15) is 0 Å². The van der Waals surface area contributed by atoms with Crippen LogP contribution in [0.15, 0.2) is 54.9 Å². The summed E-state index contributed by atoms with van der Waals surface area (Å²) in [5, 5.41) is 6.63. The van der Waals surface area contributed by atoms with Crippen molar-refractivity contribution >= 4 is 22.6 Å². The van der Waals surface area contributed by atoms with Gasteiger partial charge < -0.3 is 10.6 Å². The SMILES string of the molecule is O=C(Nc1ccc2nccnc2c1)c1cccc([C@@H]2C[C@H]2NCC2CC2)c1. The summed E-state index contributed by atoms with van der Waals surface area (Å²) in [5.74, 6) is 1.34. The van der Waals surface area contributed by atoms with E-state index >= 15 is 0 Å². The Hall–Kier alpha value is -2.79. The highest BCUT2D eigenvalue weighted by atomic mass is 16.1. The molecular weight excluding hydrogens is 336 g/mol. The van der Waals surface area contributed by atoms with Crippen LogP contribution in [0.2, 0.25) is 0 Å². The van der Waals surface area contributed by atoms with Crippen LogP contribution in [0.1, 0.15) is 41.1 Å². The van der Waals surface area contributed by atoms with Crippen molar-refractivity contribution in [3.05, 3.63) is 66.0 Å². The molecular formula is C22H22N4O. The van der Waals surface area contributed by atoms with Crippen molar-refractivity contribution in [2.45, 2.75) is 31.2 Å². The lowest BCUT2D eigenvalue weighted by molar-refractivity contribution is 0.102. The Kier molecular flexibility index (Phi) is 4.09. The molecule has 2 aliphatic rings. The molecule has 2 aliphatic carbocycles. The van der Waals surface area contributed by atoms with Gasteiger partial charge in [-0.1, -0.05) is 12.1 Å². The fraction of sp³-hybridized carbons (Fsp3) is 0.318. The van der Waals surface area contributed by atoms with Crippen molar-refractivity contribution in [2.24, 2.45) is 5.92 Å². The first-order valence-corrected chi connectivity index (χ1v) is 9.62. The lowest BCUT2D eigenvalue weighted by Gasteiger charge is -2.08. The molecule has 2 fully saturated rings. The topological polar surface area (TPSA) is 66.9 Å². The zero-order chi connectivity index (χ0) is 18.2. The van der Waals surface area contributed by atoms with Crippen molar-refractivity contribution in [3.63, 3.8) is 0 Å². The normalized spacial score (nSPS) is 21.2. The predicted molar refractivity (Wildman–Crippen MR) is 106 cm³/mol. The number of anilines is 1. The number of fused-ring (bicyclic) bond motifs is 1. The summed E-state index contributed by atoms with van der Waals surface area (Å²) in [6, 6.07) is 14.2. The maximum atomic E-state index is 12.7. The average Bonchev–Trinajstić information content (AvgIpc) is 3.61. The first-order valence-electron chi connectivity index (χ1n) is 9.62. The second-order valence-electron chi connectivity index (χ2n) is 7.64. The minimum atomic E-state index is -0.0942. The van der Waals surface area contributed by atoms with Gasteiger partial charge in [0.25, 0.3) is 5.91 Å². The summed E-state index contributed by atoms with van der Waals surface area (Å²) in [4.78, 5) is 21.2. The quantitative estimate of drug-likeness (QED) is 0.704. The van der Waals surface area contributed by atoms with Crippen LogP contribution in [0.3, 0.4) is 0 Å². The van der Waals surface area contributed by atoms with Gasteiger partial charge in [-0.05, 0) is 67.6 Å². The van der Waals surface area contributed by atoms with E-state index in [-0.39, 0.29) is 5.91 Å². The first-order chi connectivity index (χ1) is 13.3. The molecule has 0 aliphatic heterocycles. The molecule has 5 heteroatoms. The number of nitrogens with zero attached hydrogens (tertiary/aromatic N) is 2. The molecule has 2 atom stereocenters. The highest BCUT2D eigenvalue weighted by Gasteiger charge is 2.39.